The third-order valence-corrected chi connectivity index (χ3v) is 8.26. The molecule has 170 valence electrons. The molecule has 0 N–H and O–H groups in total. The normalized spacial score (nSPS) is 15.4. The number of carbonyl (C=O) groups excluding carboxylic acids is 1. The topological polar surface area (TPSA) is 56.6 Å². The van der Waals surface area contributed by atoms with Crippen molar-refractivity contribution in [3.05, 3.63) is 46.0 Å². The molecule has 0 radical (unpaired) electrons. The minimum absolute atomic E-state index is 0.308. The zero-order valence-electron chi connectivity index (χ0n) is 19.3. The Balaban J connectivity index is 1.64. The van der Waals surface area contributed by atoms with E-state index in [1.165, 1.54) is 18.8 Å². The summed E-state index contributed by atoms with van der Waals surface area (Å²) in [5.74, 6) is 0.152. The Morgan fingerprint density at radius 2 is 1.97 bits per heavy atom. The Hall–Kier alpha value is -1.64. The van der Waals surface area contributed by atoms with Gasteiger partial charge >= 0.3 is 5.97 Å². The van der Waals surface area contributed by atoms with E-state index < -0.39 is 8.07 Å². The molecule has 0 atom stereocenters. The minimum atomic E-state index is -1.08. The third kappa shape index (κ3) is 6.20. The highest BCUT2D eigenvalue weighted by Gasteiger charge is 2.26. The van der Waals surface area contributed by atoms with Crippen LogP contribution >= 0.6 is 15.9 Å². The first-order chi connectivity index (χ1) is 14.7. The predicted octanol–water partition coefficient (Wildman–Crippen LogP) is 5.44. The van der Waals surface area contributed by atoms with E-state index >= 15 is 0 Å². The number of nitrogens with zero attached hydrogens (tertiary/aromatic N) is 3. The molecule has 1 aromatic carbocycles. The van der Waals surface area contributed by atoms with Crippen molar-refractivity contribution < 1.29 is 14.3 Å². The van der Waals surface area contributed by atoms with Crippen molar-refractivity contribution in [2.24, 2.45) is 0 Å². The second kappa shape index (κ2) is 10.3. The van der Waals surface area contributed by atoms with Crippen LogP contribution in [-0.2, 0) is 16.2 Å². The molecule has 0 bridgehead atoms. The number of ether oxygens (including phenoxy) is 2. The highest BCUT2D eigenvalue weighted by molar-refractivity contribution is 9.10. The molecule has 2 aromatic rings. The van der Waals surface area contributed by atoms with Gasteiger partial charge in [0.1, 0.15) is 6.73 Å². The fourth-order valence-corrected chi connectivity index (χ4v) is 5.31. The predicted molar refractivity (Wildman–Crippen MR) is 131 cm³/mol. The second-order valence-electron chi connectivity index (χ2n) is 9.45. The van der Waals surface area contributed by atoms with Crippen LogP contribution in [0.1, 0.15) is 40.5 Å². The highest BCUT2D eigenvalue weighted by atomic mass is 79.9. The third-order valence-electron chi connectivity index (χ3n) is 5.89. The van der Waals surface area contributed by atoms with E-state index in [2.05, 4.69) is 56.9 Å². The molecule has 1 aromatic heterocycles. The minimum Gasteiger partial charge on any atom is -0.465 e. The number of esters is 1. The van der Waals surface area contributed by atoms with Gasteiger partial charge in [-0.25, -0.2) is 9.78 Å². The average molecular weight is 509 g/mol. The van der Waals surface area contributed by atoms with Gasteiger partial charge in [0.2, 0.25) is 0 Å². The zero-order valence-corrected chi connectivity index (χ0v) is 21.9. The summed E-state index contributed by atoms with van der Waals surface area (Å²) >= 11 is 3.64. The summed E-state index contributed by atoms with van der Waals surface area (Å²) in [6.07, 6.45) is 3.99. The molecule has 1 saturated heterocycles. The van der Waals surface area contributed by atoms with Gasteiger partial charge in [-0.05, 0) is 59.9 Å². The molecule has 0 saturated carbocycles. The van der Waals surface area contributed by atoms with Crippen LogP contribution in [0.4, 0.5) is 5.69 Å². The summed E-state index contributed by atoms with van der Waals surface area (Å²) < 4.78 is 14.1. The number of hydrogen-bond acceptors (Lipinski definition) is 5. The standard InChI is InChI=1S/C23H34BrN3O3Si/c1-17-22(27(15-25-17)16-30-12-13-31(3,4)5)18-8-10-26(11-9-18)21-14-19(23(28)29-2)6-7-20(21)24/h6-7,14-15,18H,8-13,16H2,1-5H3. The number of aromatic nitrogens is 2. The van der Waals surface area contributed by atoms with Crippen molar-refractivity contribution >= 4 is 35.7 Å². The zero-order chi connectivity index (χ0) is 22.6. The van der Waals surface area contributed by atoms with Crippen molar-refractivity contribution in [2.45, 2.75) is 58.1 Å². The van der Waals surface area contributed by atoms with E-state index in [9.17, 15) is 4.79 Å². The quantitative estimate of drug-likeness (QED) is 0.270. The number of carbonyl (C=O) groups is 1. The van der Waals surface area contributed by atoms with Gasteiger partial charge in [-0.1, -0.05) is 19.6 Å². The van der Waals surface area contributed by atoms with Crippen molar-refractivity contribution in [3.8, 4) is 0 Å². The molecule has 31 heavy (non-hydrogen) atoms. The SMILES string of the molecule is COC(=O)c1ccc(Br)c(N2CCC(c3c(C)ncn3COCC[Si](C)(C)C)CC2)c1. The first-order valence-electron chi connectivity index (χ1n) is 10.9. The van der Waals surface area contributed by atoms with Gasteiger partial charge in [0.25, 0.3) is 0 Å². The number of rotatable bonds is 8. The number of piperidine rings is 1. The molecule has 3 rings (SSSR count). The van der Waals surface area contributed by atoms with E-state index in [0.717, 1.165) is 48.4 Å². The summed E-state index contributed by atoms with van der Waals surface area (Å²) in [5, 5.41) is 0. The number of halogens is 1. The molecule has 1 fully saturated rings. The summed E-state index contributed by atoms with van der Waals surface area (Å²) in [6.45, 7) is 12.5. The maximum Gasteiger partial charge on any atom is 0.337 e. The van der Waals surface area contributed by atoms with Crippen LogP contribution in [0.2, 0.25) is 25.7 Å². The molecule has 0 spiro atoms. The number of methoxy groups -OCH3 is 1. The van der Waals surface area contributed by atoms with Crippen LogP contribution in [-0.4, -0.2) is 50.4 Å². The van der Waals surface area contributed by atoms with Gasteiger partial charge < -0.3 is 18.9 Å². The summed E-state index contributed by atoms with van der Waals surface area (Å²) in [5.41, 5.74) is 4.02. The molecule has 0 aliphatic carbocycles. The number of hydrogen-bond donors (Lipinski definition) is 0. The average Bonchev–Trinajstić information content (AvgIpc) is 3.11. The van der Waals surface area contributed by atoms with E-state index in [0.29, 0.717) is 18.2 Å². The van der Waals surface area contributed by atoms with Gasteiger partial charge in [0, 0.05) is 43.9 Å². The molecule has 6 nitrogen and oxygen atoms in total. The number of benzene rings is 1. The molecule has 1 aliphatic heterocycles. The Labute approximate surface area is 195 Å². The van der Waals surface area contributed by atoms with Crippen LogP contribution in [0, 0.1) is 6.92 Å². The van der Waals surface area contributed by atoms with Crippen LogP contribution in [0.15, 0.2) is 29.0 Å². The molecule has 8 heteroatoms. The van der Waals surface area contributed by atoms with Crippen LogP contribution in [0.25, 0.3) is 0 Å². The Morgan fingerprint density at radius 1 is 1.26 bits per heavy atom. The summed E-state index contributed by atoms with van der Waals surface area (Å²) in [4.78, 5) is 18.8. The lowest BCUT2D eigenvalue weighted by atomic mass is 9.92. The first-order valence-corrected chi connectivity index (χ1v) is 15.4. The van der Waals surface area contributed by atoms with Gasteiger partial charge in [-0.15, -0.1) is 0 Å². The lowest BCUT2D eigenvalue weighted by Gasteiger charge is -2.35. The van der Waals surface area contributed by atoms with Crippen molar-refractivity contribution in [1.29, 1.82) is 0 Å². The lowest BCUT2D eigenvalue weighted by molar-refractivity contribution is 0.0600. The molecular formula is C23H34BrN3O3Si. The Morgan fingerprint density at radius 3 is 2.61 bits per heavy atom. The number of anilines is 1. The van der Waals surface area contributed by atoms with E-state index in [-0.39, 0.29) is 5.97 Å². The van der Waals surface area contributed by atoms with Crippen LogP contribution in [0.3, 0.4) is 0 Å². The van der Waals surface area contributed by atoms with Crippen molar-refractivity contribution in [1.82, 2.24) is 9.55 Å². The number of imidazole rings is 1. The maximum atomic E-state index is 11.9. The molecule has 0 amide bonds. The Kier molecular flexibility index (Phi) is 7.99. The van der Waals surface area contributed by atoms with Gasteiger partial charge in [-0.3, -0.25) is 0 Å². The van der Waals surface area contributed by atoms with E-state index in [4.69, 9.17) is 9.47 Å². The summed E-state index contributed by atoms with van der Waals surface area (Å²) in [7, 11) is 0.330. The smallest absolute Gasteiger partial charge is 0.337 e. The largest absolute Gasteiger partial charge is 0.465 e. The first kappa shape index (κ1) is 24.0. The number of aryl methyl sites for hydroxylation is 1. The van der Waals surface area contributed by atoms with Gasteiger partial charge in [0.15, 0.2) is 0 Å². The molecule has 2 heterocycles. The fraction of sp³-hybridized carbons (Fsp3) is 0.565. The van der Waals surface area contributed by atoms with Gasteiger partial charge in [0.05, 0.1) is 30.4 Å². The Bertz CT molecular complexity index is 902. The molecular weight excluding hydrogens is 474 g/mol. The van der Waals surface area contributed by atoms with Crippen LogP contribution in [0.5, 0.6) is 0 Å². The van der Waals surface area contributed by atoms with Crippen molar-refractivity contribution in [3.63, 3.8) is 0 Å². The van der Waals surface area contributed by atoms with E-state index in [1.54, 1.807) is 6.07 Å². The molecule has 1 aliphatic rings. The maximum absolute atomic E-state index is 11.9. The highest BCUT2D eigenvalue weighted by Crippen LogP contribution is 2.35. The van der Waals surface area contributed by atoms with Crippen molar-refractivity contribution in [2.75, 3.05) is 31.7 Å². The fourth-order valence-electron chi connectivity index (χ4n) is 4.06. The monoisotopic (exact) mass is 507 g/mol. The summed E-state index contributed by atoms with van der Waals surface area (Å²) in [6, 6.07) is 6.80. The van der Waals surface area contributed by atoms with E-state index in [1.807, 2.05) is 18.5 Å². The van der Waals surface area contributed by atoms with Crippen LogP contribution < -0.4 is 4.90 Å². The van der Waals surface area contributed by atoms with Gasteiger partial charge in [-0.2, -0.15) is 0 Å². The molecule has 0 unspecified atom stereocenters. The second-order valence-corrected chi connectivity index (χ2v) is 15.9. The lowest BCUT2D eigenvalue weighted by Crippen LogP contribution is -2.34.